The van der Waals surface area contributed by atoms with Gasteiger partial charge in [0.25, 0.3) is 0 Å². The van der Waals surface area contributed by atoms with Crippen molar-refractivity contribution in [2.24, 2.45) is 0 Å². The van der Waals surface area contributed by atoms with Crippen molar-refractivity contribution in [1.82, 2.24) is 9.97 Å². The summed E-state index contributed by atoms with van der Waals surface area (Å²) in [6, 6.07) is 61.2. The highest BCUT2D eigenvalue weighted by atomic mass is 15.2. The molecule has 46 heavy (non-hydrogen) atoms. The molecule has 4 heteroatoms. The zero-order valence-corrected chi connectivity index (χ0v) is 25.0. The number of benzene rings is 6. The molecule has 0 aliphatic carbocycles. The van der Waals surface area contributed by atoms with Crippen LogP contribution in [0.5, 0.6) is 0 Å². The van der Waals surface area contributed by atoms with E-state index in [0.29, 0.717) is 11.5 Å². The Morgan fingerprint density at radius 1 is 0.500 bits per heavy atom. The molecule has 0 radical (unpaired) electrons. The molecule has 0 amide bonds. The summed E-state index contributed by atoms with van der Waals surface area (Å²) in [5.74, 6) is 0.524. The molecule has 6 aromatic carbocycles. The predicted octanol–water partition coefficient (Wildman–Crippen LogP) is 9.85. The van der Waals surface area contributed by atoms with Gasteiger partial charge in [0, 0.05) is 22.9 Å². The minimum absolute atomic E-state index is 0.338. The molecule has 0 saturated carbocycles. The Morgan fingerprint density at radius 2 is 1.00 bits per heavy atom. The first-order valence-electron chi connectivity index (χ1n) is 15.3. The third-order valence-corrected chi connectivity index (χ3v) is 8.81. The van der Waals surface area contributed by atoms with E-state index in [0.717, 1.165) is 33.9 Å². The van der Waals surface area contributed by atoms with Crippen molar-refractivity contribution in [2.75, 3.05) is 4.90 Å². The minimum Gasteiger partial charge on any atom is -0.310 e. The minimum atomic E-state index is -0.508. The molecule has 0 N–H and O–H groups in total. The van der Waals surface area contributed by atoms with E-state index in [1.54, 1.807) is 6.07 Å². The third-order valence-electron chi connectivity index (χ3n) is 8.81. The van der Waals surface area contributed by atoms with Crippen molar-refractivity contribution in [1.29, 1.82) is 5.26 Å². The van der Waals surface area contributed by atoms with Gasteiger partial charge in [0.1, 0.15) is 11.8 Å². The Hall–Kier alpha value is -6.31. The van der Waals surface area contributed by atoms with Crippen LogP contribution in [0.1, 0.15) is 27.9 Å². The molecule has 1 aliphatic rings. The summed E-state index contributed by atoms with van der Waals surface area (Å²) >= 11 is 0. The van der Waals surface area contributed by atoms with Crippen LogP contribution < -0.4 is 4.90 Å². The standard InChI is InChI=1S/C42H28N4/c43-29-34-28-38(30-14-4-1-5-15-30)45-41(44-34)31-24-26-35(27-25-31)46-39-22-12-10-20-36(39)42(32-16-6-2-7-17-32,33-18-8-3-9-19-33)37-21-11-13-23-40(37)46/h1-28H. The summed E-state index contributed by atoms with van der Waals surface area (Å²) in [6.45, 7) is 0. The van der Waals surface area contributed by atoms with E-state index in [1.807, 2.05) is 42.5 Å². The molecule has 216 valence electrons. The number of hydrogen-bond acceptors (Lipinski definition) is 4. The first kappa shape index (κ1) is 27.3. The number of hydrogen-bond donors (Lipinski definition) is 0. The van der Waals surface area contributed by atoms with Gasteiger partial charge >= 0.3 is 0 Å². The zero-order valence-electron chi connectivity index (χ0n) is 25.0. The fraction of sp³-hybridized carbons (Fsp3) is 0.0238. The molecule has 1 aromatic heterocycles. The SMILES string of the molecule is N#Cc1cc(-c2ccccc2)nc(-c2ccc(N3c4ccccc4C(c4ccccc4)(c4ccccc4)c4ccccc43)cc2)n1. The Labute approximate surface area is 268 Å². The van der Waals surface area contributed by atoms with Gasteiger partial charge in [0.15, 0.2) is 5.82 Å². The van der Waals surface area contributed by atoms with Crippen molar-refractivity contribution >= 4 is 17.1 Å². The summed E-state index contributed by atoms with van der Waals surface area (Å²) in [6.07, 6.45) is 0. The quantitative estimate of drug-likeness (QED) is 0.201. The van der Waals surface area contributed by atoms with Gasteiger partial charge < -0.3 is 4.90 Å². The third kappa shape index (κ3) is 4.37. The lowest BCUT2D eigenvalue weighted by molar-refractivity contribution is 0.731. The Kier molecular flexibility index (Phi) is 6.70. The molecule has 2 heterocycles. The van der Waals surface area contributed by atoms with Crippen molar-refractivity contribution < 1.29 is 0 Å². The topological polar surface area (TPSA) is 52.8 Å². The molecule has 0 saturated heterocycles. The van der Waals surface area contributed by atoms with Gasteiger partial charge in [0.05, 0.1) is 22.5 Å². The number of nitrogens with zero attached hydrogens (tertiary/aromatic N) is 4. The predicted molar refractivity (Wildman–Crippen MR) is 184 cm³/mol. The van der Waals surface area contributed by atoms with Gasteiger partial charge in [-0.3, -0.25) is 0 Å². The average Bonchev–Trinajstić information content (AvgIpc) is 3.15. The molecule has 1 aliphatic heterocycles. The molecule has 8 rings (SSSR count). The molecule has 0 fully saturated rings. The van der Waals surface area contributed by atoms with Crippen molar-refractivity contribution in [3.63, 3.8) is 0 Å². The van der Waals surface area contributed by atoms with Crippen molar-refractivity contribution in [2.45, 2.75) is 5.41 Å². The lowest BCUT2D eigenvalue weighted by atomic mass is 9.62. The van der Waals surface area contributed by atoms with Crippen LogP contribution in [0.25, 0.3) is 22.6 Å². The average molecular weight is 589 g/mol. The molecule has 0 bridgehead atoms. The van der Waals surface area contributed by atoms with Gasteiger partial charge in [-0.25, -0.2) is 9.97 Å². The Morgan fingerprint density at radius 3 is 1.54 bits per heavy atom. The van der Waals surface area contributed by atoms with Gasteiger partial charge in [-0.05, 0) is 58.7 Å². The monoisotopic (exact) mass is 588 g/mol. The highest BCUT2D eigenvalue weighted by Crippen LogP contribution is 2.57. The van der Waals surface area contributed by atoms with Gasteiger partial charge in [-0.2, -0.15) is 5.26 Å². The van der Waals surface area contributed by atoms with Gasteiger partial charge in [0.2, 0.25) is 0 Å². The van der Waals surface area contributed by atoms with Crippen LogP contribution in [0.3, 0.4) is 0 Å². The van der Waals surface area contributed by atoms with E-state index in [9.17, 15) is 5.26 Å². The summed E-state index contributed by atoms with van der Waals surface area (Å²) < 4.78 is 0. The molecule has 0 atom stereocenters. The molecular formula is C42H28N4. The molecule has 0 unspecified atom stereocenters. The Balaban J connectivity index is 1.30. The van der Waals surface area contributed by atoms with E-state index in [1.165, 1.54) is 22.3 Å². The lowest BCUT2D eigenvalue weighted by Gasteiger charge is -2.46. The Bertz CT molecular complexity index is 2110. The van der Waals surface area contributed by atoms with Crippen LogP contribution in [0, 0.1) is 11.3 Å². The highest BCUT2D eigenvalue weighted by Gasteiger charge is 2.46. The second-order valence-corrected chi connectivity index (χ2v) is 11.3. The van der Waals surface area contributed by atoms with Crippen LogP contribution >= 0.6 is 0 Å². The summed E-state index contributed by atoms with van der Waals surface area (Å²) in [4.78, 5) is 11.8. The van der Waals surface area contributed by atoms with Crippen molar-refractivity contribution in [3.05, 3.63) is 198 Å². The van der Waals surface area contributed by atoms with Crippen LogP contribution in [0.15, 0.2) is 170 Å². The summed E-state index contributed by atoms with van der Waals surface area (Å²) in [5.41, 5.74) is 10.5. The second-order valence-electron chi connectivity index (χ2n) is 11.3. The van der Waals surface area contributed by atoms with Crippen LogP contribution in [-0.4, -0.2) is 9.97 Å². The van der Waals surface area contributed by atoms with E-state index in [2.05, 4.69) is 137 Å². The first-order chi connectivity index (χ1) is 22.8. The number of fused-ring (bicyclic) bond motifs is 2. The molecule has 0 spiro atoms. The number of nitriles is 1. The number of aromatic nitrogens is 2. The maximum absolute atomic E-state index is 9.74. The van der Waals surface area contributed by atoms with E-state index in [-0.39, 0.29) is 0 Å². The van der Waals surface area contributed by atoms with Crippen LogP contribution in [0.2, 0.25) is 0 Å². The summed E-state index contributed by atoms with van der Waals surface area (Å²) in [7, 11) is 0. The van der Waals surface area contributed by atoms with Crippen LogP contribution in [0.4, 0.5) is 17.1 Å². The first-order valence-corrected chi connectivity index (χ1v) is 15.3. The smallest absolute Gasteiger partial charge is 0.161 e. The summed E-state index contributed by atoms with van der Waals surface area (Å²) in [5, 5.41) is 9.74. The largest absolute Gasteiger partial charge is 0.310 e. The second kappa shape index (κ2) is 11.3. The molecule has 4 nitrogen and oxygen atoms in total. The van der Waals surface area contributed by atoms with E-state index < -0.39 is 5.41 Å². The zero-order chi connectivity index (χ0) is 30.9. The maximum Gasteiger partial charge on any atom is 0.161 e. The normalized spacial score (nSPS) is 12.9. The van der Waals surface area contributed by atoms with Gasteiger partial charge in [-0.1, -0.05) is 127 Å². The maximum atomic E-state index is 9.74. The van der Waals surface area contributed by atoms with Crippen molar-refractivity contribution in [3.8, 4) is 28.7 Å². The fourth-order valence-electron chi connectivity index (χ4n) is 6.84. The lowest BCUT2D eigenvalue weighted by Crippen LogP contribution is -2.37. The van der Waals surface area contributed by atoms with Crippen LogP contribution in [-0.2, 0) is 5.41 Å². The number of anilines is 3. The highest BCUT2D eigenvalue weighted by molar-refractivity contribution is 5.89. The number of para-hydroxylation sites is 2. The molecule has 7 aromatic rings. The van der Waals surface area contributed by atoms with Gasteiger partial charge in [-0.15, -0.1) is 0 Å². The number of rotatable bonds is 5. The van der Waals surface area contributed by atoms with E-state index in [4.69, 9.17) is 4.98 Å². The van der Waals surface area contributed by atoms with E-state index >= 15 is 0 Å². The fourth-order valence-corrected chi connectivity index (χ4v) is 6.84. The molecular weight excluding hydrogens is 560 g/mol.